The third-order valence-corrected chi connectivity index (χ3v) is 5.79. The van der Waals surface area contributed by atoms with Crippen LogP contribution in [0, 0.1) is 15.9 Å². The van der Waals surface area contributed by atoms with Crippen LogP contribution in [-0.4, -0.2) is 15.2 Å². The van der Waals surface area contributed by atoms with Gasteiger partial charge in [0.15, 0.2) is 4.32 Å². The lowest BCUT2D eigenvalue weighted by molar-refractivity contribution is -0.384. The van der Waals surface area contributed by atoms with Crippen molar-refractivity contribution in [3.63, 3.8) is 0 Å². The van der Waals surface area contributed by atoms with Crippen LogP contribution in [0.15, 0.2) is 63.9 Å². The summed E-state index contributed by atoms with van der Waals surface area (Å²) in [5, 5.41) is 10.8. The first-order chi connectivity index (χ1) is 14.3. The number of thiocarbonyl (C=S) groups is 1. The van der Waals surface area contributed by atoms with Crippen molar-refractivity contribution >= 4 is 63.3 Å². The average Bonchev–Trinajstić information content (AvgIpc) is 3.29. The van der Waals surface area contributed by atoms with Crippen molar-refractivity contribution in [2.45, 2.75) is 0 Å². The van der Waals surface area contributed by atoms with E-state index in [0.717, 1.165) is 17.8 Å². The van der Waals surface area contributed by atoms with Crippen LogP contribution < -0.4 is 4.90 Å². The first-order valence-electron chi connectivity index (χ1n) is 8.41. The van der Waals surface area contributed by atoms with Crippen molar-refractivity contribution in [1.82, 2.24) is 0 Å². The Kier molecular flexibility index (Phi) is 5.42. The fourth-order valence-corrected chi connectivity index (χ4v) is 4.26. The third-order valence-electron chi connectivity index (χ3n) is 4.20. The number of hydrogen-bond acceptors (Lipinski definition) is 6. The minimum absolute atomic E-state index is 0.0516. The lowest BCUT2D eigenvalue weighted by atomic mass is 10.1. The highest BCUT2D eigenvalue weighted by molar-refractivity contribution is 8.27. The Labute approximate surface area is 184 Å². The van der Waals surface area contributed by atoms with Gasteiger partial charge < -0.3 is 4.42 Å². The molecule has 30 heavy (non-hydrogen) atoms. The van der Waals surface area contributed by atoms with Gasteiger partial charge in [0.2, 0.25) is 0 Å². The Morgan fingerprint density at radius 3 is 2.73 bits per heavy atom. The van der Waals surface area contributed by atoms with E-state index in [1.807, 2.05) is 0 Å². The van der Waals surface area contributed by atoms with Gasteiger partial charge in [0.1, 0.15) is 17.3 Å². The SMILES string of the molecule is O=C1/C(=C\c2ccc(-c3cccc([N+](=O)[O-])c3)o2)SC(=S)N1c1ccc(F)c(Cl)c1. The summed E-state index contributed by atoms with van der Waals surface area (Å²) in [7, 11) is 0. The van der Waals surface area contributed by atoms with Gasteiger partial charge in [0, 0.05) is 23.8 Å². The second kappa shape index (κ2) is 8.02. The van der Waals surface area contributed by atoms with Gasteiger partial charge in [0.25, 0.3) is 11.6 Å². The van der Waals surface area contributed by atoms with E-state index < -0.39 is 10.7 Å². The molecule has 2 aromatic carbocycles. The molecule has 1 fully saturated rings. The number of furan rings is 1. The zero-order valence-corrected chi connectivity index (χ0v) is 17.3. The van der Waals surface area contributed by atoms with Gasteiger partial charge >= 0.3 is 0 Å². The van der Waals surface area contributed by atoms with Crippen molar-refractivity contribution in [3.05, 3.63) is 86.2 Å². The predicted octanol–water partition coefficient (Wildman–Crippen LogP) is 6.05. The summed E-state index contributed by atoms with van der Waals surface area (Å²) in [6.07, 6.45) is 1.53. The Balaban J connectivity index is 1.61. The van der Waals surface area contributed by atoms with Gasteiger partial charge in [-0.25, -0.2) is 4.39 Å². The molecule has 6 nitrogen and oxygen atoms in total. The van der Waals surface area contributed by atoms with E-state index in [9.17, 15) is 19.3 Å². The Hall–Kier alpha value is -3.01. The highest BCUT2D eigenvalue weighted by atomic mass is 35.5. The second-order valence-electron chi connectivity index (χ2n) is 6.12. The van der Waals surface area contributed by atoms with E-state index >= 15 is 0 Å². The van der Waals surface area contributed by atoms with Crippen LogP contribution in [0.25, 0.3) is 17.4 Å². The maximum Gasteiger partial charge on any atom is 0.270 e. The molecule has 3 aromatic rings. The Morgan fingerprint density at radius 2 is 2.00 bits per heavy atom. The standard InChI is InChI=1S/C20H10ClFN2O4S2/c21-15-9-12(4-6-16(15)22)23-19(25)18(30-20(23)29)10-14-5-7-17(28-14)11-2-1-3-13(8-11)24(26)27/h1-10H/b18-10+. The van der Waals surface area contributed by atoms with Crippen molar-refractivity contribution in [3.8, 4) is 11.3 Å². The number of anilines is 1. The van der Waals surface area contributed by atoms with Crippen LogP contribution in [0.3, 0.4) is 0 Å². The van der Waals surface area contributed by atoms with Crippen LogP contribution in [0.5, 0.6) is 0 Å². The molecule has 1 aliphatic rings. The average molecular weight is 461 g/mol. The largest absolute Gasteiger partial charge is 0.457 e. The van der Waals surface area contributed by atoms with E-state index in [2.05, 4.69) is 0 Å². The van der Waals surface area contributed by atoms with Gasteiger partial charge in [-0.15, -0.1) is 0 Å². The van der Waals surface area contributed by atoms with Crippen molar-refractivity contribution in [2.75, 3.05) is 4.90 Å². The van der Waals surface area contributed by atoms with Crippen LogP contribution in [0.4, 0.5) is 15.8 Å². The molecule has 0 saturated carbocycles. The maximum atomic E-state index is 13.4. The minimum atomic E-state index is -0.592. The Bertz CT molecular complexity index is 1240. The molecule has 0 bridgehead atoms. The van der Waals surface area contributed by atoms with Gasteiger partial charge in [-0.1, -0.05) is 47.7 Å². The fourth-order valence-electron chi connectivity index (χ4n) is 2.80. The summed E-state index contributed by atoms with van der Waals surface area (Å²) in [6, 6.07) is 13.3. The van der Waals surface area contributed by atoms with Crippen molar-refractivity contribution in [1.29, 1.82) is 0 Å². The third kappa shape index (κ3) is 3.87. The summed E-state index contributed by atoms with van der Waals surface area (Å²) in [4.78, 5) is 24.9. The Morgan fingerprint density at radius 1 is 1.20 bits per heavy atom. The number of hydrogen-bond donors (Lipinski definition) is 0. The van der Waals surface area contributed by atoms with Crippen LogP contribution >= 0.6 is 35.6 Å². The molecular formula is C20H10ClFN2O4S2. The second-order valence-corrected chi connectivity index (χ2v) is 8.21. The molecule has 0 unspecified atom stereocenters. The molecule has 0 spiro atoms. The monoisotopic (exact) mass is 460 g/mol. The van der Waals surface area contributed by atoms with Gasteiger partial charge in [-0.05, 0) is 30.3 Å². The summed E-state index contributed by atoms with van der Waals surface area (Å²) in [5.74, 6) is -0.175. The summed E-state index contributed by atoms with van der Waals surface area (Å²) in [6.45, 7) is 0. The molecule has 0 atom stereocenters. The van der Waals surface area contributed by atoms with Crippen LogP contribution in [-0.2, 0) is 4.79 Å². The highest BCUT2D eigenvalue weighted by Crippen LogP contribution is 2.37. The number of thioether (sulfide) groups is 1. The smallest absolute Gasteiger partial charge is 0.270 e. The first-order valence-corrected chi connectivity index (χ1v) is 10.0. The number of amides is 1. The van der Waals surface area contributed by atoms with E-state index in [1.54, 1.807) is 24.3 Å². The molecule has 0 radical (unpaired) electrons. The normalized spacial score (nSPS) is 15.3. The van der Waals surface area contributed by atoms with Gasteiger partial charge in [-0.3, -0.25) is 19.8 Å². The molecule has 150 valence electrons. The molecule has 0 aliphatic carbocycles. The molecular weight excluding hydrogens is 451 g/mol. The molecule has 4 rings (SSSR count). The van der Waals surface area contributed by atoms with Crippen LogP contribution in [0.1, 0.15) is 5.76 Å². The minimum Gasteiger partial charge on any atom is -0.457 e. The zero-order valence-electron chi connectivity index (χ0n) is 14.9. The van der Waals surface area contributed by atoms with E-state index in [-0.39, 0.29) is 20.9 Å². The fraction of sp³-hybridized carbons (Fsp3) is 0. The number of non-ortho nitro benzene ring substituents is 1. The van der Waals surface area contributed by atoms with E-state index in [1.165, 1.54) is 35.2 Å². The zero-order chi connectivity index (χ0) is 21.4. The lowest BCUT2D eigenvalue weighted by Gasteiger charge is -2.14. The number of carbonyl (C=O) groups is 1. The number of benzene rings is 2. The highest BCUT2D eigenvalue weighted by Gasteiger charge is 2.34. The molecule has 1 aliphatic heterocycles. The summed E-state index contributed by atoms with van der Waals surface area (Å²) < 4.78 is 19.4. The van der Waals surface area contributed by atoms with Crippen molar-refractivity contribution < 1.29 is 18.5 Å². The number of nitro benzene ring substituents is 1. The molecule has 1 aromatic heterocycles. The van der Waals surface area contributed by atoms with E-state index in [0.29, 0.717) is 27.7 Å². The molecule has 0 N–H and O–H groups in total. The van der Waals surface area contributed by atoms with Gasteiger partial charge in [-0.2, -0.15) is 0 Å². The number of rotatable bonds is 4. The predicted molar refractivity (Wildman–Crippen MR) is 118 cm³/mol. The topological polar surface area (TPSA) is 76.6 Å². The number of carbonyl (C=O) groups excluding carboxylic acids is 1. The molecule has 1 saturated heterocycles. The first kappa shape index (κ1) is 20.3. The summed E-state index contributed by atoms with van der Waals surface area (Å²) >= 11 is 12.2. The molecule has 1 amide bonds. The molecule has 2 heterocycles. The van der Waals surface area contributed by atoms with Crippen LogP contribution in [0.2, 0.25) is 5.02 Å². The van der Waals surface area contributed by atoms with Gasteiger partial charge in [0.05, 0.1) is 20.5 Å². The maximum absolute atomic E-state index is 13.4. The van der Waals surface area contributed by atoms with Crippen molar-refractivity contribution in [2.24, 2.45) is 0 Å². The molecule has 10 heteroatoms. The number of nitrogens with zero attached hydrogens (tertiary/aromatic N) is 2. The lowest BCUT2D eigenvalue weighted by Crippen LogP contribution is -2.27. The number of halogens is 2. The quantitative estimate of drug-likeness (QED) is 0.204. The van der Waals surface area contributed by atoms with E-state index in [4.69, 9.17) is 28.2 Å². The number of nitro groups is 1. The summed E-state index contributed by atoms with van der Waals surface area (Å²) in [5.41, 5.74) is 0.852.